The number of rotatable bonds is 8. The number of aromatic nitrogens is 1. The minimum absolute atomic E-state index is 0. The Kier molecular flexibility index (Phi) is 20.3. The van der Waals surface area contributed by atoms with E-state index in [1.807, 2.05) is 0 Å². The zero-order valence-electron chi connectivity index (χ0n) is 47.9. The van der Waals surface area contributed by atoms with E-state index in [9.17, 15) is 0 Å². The van der Waals surface area contributed by atoms with Crippen molar-refractivity contribution in [3.05, 3.63) is 196 Å². The number of methoxy groups -OCH3 is 1. The second-order valence-electron chi connectivity index (χ2n) is 24.1. The maximum atomic E-state index is 5.83. The van der Waals surface area contributed by atoms with Gasteiger partial charge in [-0.1, -0.05) is 219 Å². The largest absolute Gasteiger partial charge is 1.00 e. The van der Waals surface area contributed by atoms with E-state index in [0.717, 1.165) is 17.9 Å². The van der Waals surface area contributed by atoms with Gasteiger partial charge in [-0.15, -0.1) is 0 Å². The Bertz CT molecular complexity index is 2910. The van der Waals surface area contributed by atoms with Crippen LogP contribution in [0.25, 0.3) is 50.2 Å². The van der Waals surface area contributed by atoms with E-state index in [-0.39, 0.29) is 45.6 Å². The molecular weight excluding hydrogens is 986 g/mol. The predicted octanol–water partition coefficient (Wildman–Crippen LogP) is 16.3. The Morgan fingerprint density at radius 2 is 1.07 bits per heavy atom. The van der Waals surface area contributed by atoms with Crippen LogP contribution in [0.5, 0.6) is 5.75 Å². The lowest BCUT2D eigenvalue weighted by Gasteiger charge is -2.29. The normalized spacial score (nSPS) is 12.0. The Morgan fingerprint density at radius 3 is 1.60 bits per heavy atom. The summed E-state index contributed by atoms with van der Waals surface area (Å²) in [6, 6.07) is 48.5. The van der Waals surface area contributed by atoms with Crippen molar-refractivity contribution in [1.82, 2.24) is 0 Å². The molecule has 0 amide bonds. The summed E-state index contributed by atoms with van der Waals surface area (Å²) in [5.74, 6) is 1.55. The van der Waals surface area contributed by atoms with Crippen molar-refractivity contribution in [2.24, 2.45) is 5.92 Å². The van der Waals surface area contributed by atoms with Crippen molar-refractivity contribution in [3.63, 3.8) is 0 Å². The summed E-state index contributed by atoms with van der Waals surface area (Å²) >= 11 is 0. The summed E-state index contributed by atoms with van der Waals surface area (Å²) in [7, 11) is 1.79. The molecule has 7 rings (SSSR count). The van der Waals surface area contributed by atoms with Crippen LogP contribution in [-0.2, 0) is 28.1 Å². The minimum atomic E-state index is 0. The first-order valence-corrected chi connectivity index (χ1v) is 26.1. The van der Waals surface area contributed by atoms with Gasteiger partial charge in [-0.25, -0.2) is 4.98 Å². The highest BCUT2D eigenvalue weighted by molar-refractivity contribution is 5.81. The van der Waals surface area contributed by atoms with E-state index in [4.69, 9.17) is 4.74 Å². The number of aryl methyl sites for hydroxylation is 2. The van der Waals surface area contributed by atoms with Gasteiger partial charge in [0.05, 0.1) is 7.11 Å². The highest BCUT2D eigenvalue weighted by Crippen LogP contribution is 2.42. The van der Waals surface area contributed by atoms with Crippen molar-refractivity contribution in [1.29, 1.82) is 0 Å². The van der Waals surface area contributed by atoms with Crippen LogP contribution in [0.3, 0.4) is 0 Å². The molecule has 2 nitrogen and oxygen atoms in total. The summed E-state index contributed by atoms with van der Waals surface area (Å²) in [6.07, 6.45) is 5.41. The Hall–Kier alpha value is -5.26. The first-order valence-electron chi connectivity index (χ1n) is 26.1. The van der Waals surface area contributed by atoms with Crippen LogP contribution in [0.2, 0.25) is 0 Å². The van der Waals surface area contributed by atoms with Gasteiger partial charge in [0, 0.05) is 28.8 Å². The summed E-state index contributed by atoms with van der Waals surface area (Å²) in [4.78, 5) is 3.53. The second-order valence-corrected chi connectivity index (χ2v) is 24.1. The van der Waals surface area contributed by atoms with Crippen LogP contribution >= 0.6 is 0 Å². The van der Waals surface area contributed by atoms with E-state index in [1.54, 1.807) is 7.11 Å². The Balaban J connectivity index is 0.000000246. The number of benzene rings is 6. The molecule has 0 saturated carbocycles. The van der Waals surface area contributed by atoms with E-state index in [0.29, 0.717) is 5.92 Å². The molecule has 0 bridgehead atoms. The zero-order valence-corrected chi connectivity index (χ0v) is 50.1. The van der Waals surface area contributed by atoms with E-state index in [2.05, 4.69) is 282 Å². The highest BCUT2D eigenvalue weighted by atomic mass is 127. The van der Waals surface area contributed by atoms with E-state index < -0.39 is 0 Å². The van der Waals surface area contributed by atoms with Crippen molar-refractivity contribution in [3.8, 4) is 50.4 Å². The van der Waals surface area contributed by atoms with Crippen molar-refractivity contribution in [2.75, 3.05) is 7.11 Å². The Morgan fingerprint density at radius 1 is 0.528 bits per heavy atom. The van der Waals surface area contributed by atoms with Crippen molar-refractivity contribution >= 4 is 5.57 Å². The lowest BCUT2D eigenvalue weighted by molar-refractivity contribution is -0.364. The number of ether oxygens (including phenoxy) is 1. The summed E-state index contributed by atoms with van der Waals surface area (Å²) in [6.45, 7) is 42.8. The van der Waals surface area contributed by atoms with E-state index in [1.165, 1.54) is 94.6 Å². The van der Waals surface area contributed by atoms with Crippen molar-refractivity contribution in [2.45, 2.75) is 160 Å². The molecule has 0 aliphatic rings. The van der Waals surface area contributed by atoms with Crippen LogP contribution in [0.1, 0.15) is 161 Å². The van der Waals surface area contributed by atoms with Gasteiger partial charge < -0.3 is 28.7 Å². The third kappa shape index (κ3) is 15.2. The molecule has 1 N–H and O–H groups in total. The number of aromatic amines is 1. The van der Waals surface area contributed by atoms with Gasteiger partial charge >= 0.3 is 0 Å². The van der Waals surface area contributed by atoms with Crippen LogP contribution in [0.4, 0.5) is 0 Å². The van der Waals surface area contributed by atoms with E-state index >= 15 is 0 Å². The second kappa shape index (κ2) is 24.6. The number of H-pyrrole nitrogens is 1. The average Bonchev–Trinajstić information content (AvgIpc) is 3.30. The molecule has 0 aliphatic carbocycles. The molecular formula is C69H88INO. The van der Waals surface area contributed by atoms with Gasteiger partial charge in [0.2, 0.25) is 5.69 Å². The zero-order chi connectivity index (χ0) is 52.6. The third-order valence-electron chi connectivity index (χ3n) is 13.7. The number of hydrogen-bond acceptors (Lipinski definition) is 1. The quantitative estimate of drug-likeness (QED) is 0.139. The van der Waals surface area contributed by atoms with Crippen LogP contribution in [-0.4, -0.2) is 7.11 Å². The van der Waals surface area contributed by atoms with Crippen LogP contribution in [0, 0.1) is 26.7 Å². The van der Waals surface area contributed by atoms with Gasteiger partial charge in [0.1, 0.15) is 5.75 Å². The number of pyridine rings is 1. The summed E-state index contributed by atoms with van der Waals surface area (Å²) in [5.41, 5.74) is 24.1. The molecule has 0 saturated heterocycles. The molecule has 0 spiro atoms. The molecule has 0 fully saturated rings. The molecule has 0 unspecified atom stereocenters. The molecule has 3 heteroatoms. The SMILES string of the molecule is CCc1c(C)cccc1-c1cc(C(C)(C)C)cc(-c2cc(-c3ccccc3)cc[nH+]2)c1C.COc1c(/C(C)=C\C(C)C)cc(C(C)(C)C)cc1C(C)(C)C.Cc1ccc(C(C)(C)C)cc1-c1ccccc1.[I-]. The third-order valence-corrected chi connectivity index (χ3v) is 13.7. The number of hydrogen-bond donors (Lipinski definition) is 0. The molecule has 7 aromatic rings. The number of nitrogens with one attached hydrogen (secondary N) is 1. The molecule has 1 aromatic heterocycles. The standard InChI is InChI=1S/C31H33N.C21H34O.C17H20.HI/c1-7-26-21(2)12-11-15-27(26)28-19-25(31(4,5)6)20-29(22(28)3)30-18-24(16-17-32-30)23-13-9-8-10-14-23;1-14(2)11-15(3)17-12-16(20(4,5)6)13-18(19(17)22-10)21(7,8)9;1-13-10-11-15(17(2,3)4)12-16(13)14-8-6-5-7-9-14;/h8-20H,7H2,1-6H3;11-14H,1-10H3;5-12H,1-4H3;1H/b;15-11-;;. The lowest BCUT2D eigenvalue weighted by atomic mass is 9.78. The molecule has 1 heterocycles. The molecule has 0 atom stereocenters. The fourth-order valence-corrected chi connectivity index (χ4v) is 9.30. The van der Waals surface area contributed by atoms with Gasteiger partial charge in [0.25, 0.3) is 0 Å². The predicted molar refractivity (Wildman–Crippen MR) is 311 cm³/mol. The molecule has 0 aliphatic heterocycles. The van der Waals surface area contributed by atoms with Gasteiger partial charge in [-0.3, -0.25) is 0 Å². The molecule has 72 heavy (non-hydrogen) atoms. The van der Waals surface area contributed by atoms with Gasteiger partial charge in [-0.2, -0.15) is 0 Å². The van der Waals surface area contributed by atoms with Crippen molar-refractivity contribution < 1.29 is 33.7 Å². The maximum absolute atomic E-state index is 5.83. The highest BCUT2D eigenvalue weighted by Gasteiger charge is 2.27. The smallest absolute Gasteiger partial charge is 0.211 e. The first kappa shape index (κ1) is 59.3. The summed E-state index contributed by atoms with van der Waals surface area (Å²) in [5, 5.41) is 0. The first-order chi connectivity index (χ1) is 33.1. The average molecular weight is 1070 g/mol. The number of allylic oxidation sites excluding steroid dienone is 2. The number of halogens is 1. The summed E-state index contributed by atoms with van der Waals surface area (Å²) < 4.78 is 5.83. The van der Waals surface area contributed by atoms with Crippen LogP contribution < -0.4 is 33.7 Å². The molecule has 382 valence electrons. The molecule has 6 aromatic carbocycles. The Labute approximate surface area is 455 Å². The minimum Gasteiger partial charge on any atom is -1.00 e. The fourth-order valence-electron chi connectivity index (χ4n) is 9.30. The monoisotopic (exact) mass is 1070 g/mol. The fraction of sp³-hybridized carbons (Fsp3) is 0.377. The topological polar surface area (TPSA) is 23.4 Å². The maximum Gasteiger partial charge on any atom is 0.211 e. The van der Waals surface area contributed by atoms with Crippen LogP contribution in [0.15, 0.2) is 146 Å². The van der Waals surface area contributed by atoms with Gasteiger partial charge in [-0.05, 0) is 152 Å². The molecule has 0 radical (unpaired) electrons. The van der Waals surface area contributed by atoms with Gasteiger partial charge in [0.15, 0.2) is 6.20 Å². The lowest BCUT2D eigenvalue weighted by Crippen LogP contribution is -3.00.